The molecule has 4 aromatic carbocycles. The Morgan fingerprint density at radius 1 is 0.656 bits per heavy atom. The molecule has 156 valence electrons. The zero-order valence-corrected chi connectivity index (χ0v) is 18.4. The normalized spacial score (nSPS) is 14.6. The van der Waals surface area contributed by atoms with Crippen LogP contribution in [0.25, 0.3) is 5.57 Å². The van der Waals surface area contributed by atoms with Gasteiger partial charge in [0.25, 0.3) is 5.91 Å². The zero-order valence-electron chi connectivity index (χ0n) is 17.5. The van der Waals surface area contributed by atoms with Gasteiger partial charge in [0.1, 0.15) is 0 Å². The van der Waals surface area contributed by atoms with E-state index in [1.165, 1.54) is 0 Å². The third-order valence-electron chi connectivity index (χ3n) is 5.73. The Labute approximate surface area is 188 Å². The Bertz CT molecular complexity index is 1290. The molecule has 4 heteroatoms. The maximum atomic E-state index is 14.5. The predicted molar refractivity (Wildman–Crippen MR) is 132 cm³/mol. The van der Waals surface area contributed by atoms with Crippen LogP contribution in [0.5, 0.6) is 0 Å². The maximum absolute atomic E-state index is 14.5. The lowest BCUT2D eigenvalue weighted by atomic mass is 10.1. The van der Waals surface area contributed by atoms with Crippen LogP contribution in [0.3, 0.4) is 0 Å². The summed E-state index contributed by atoms with van der Waals surface area (Å²) in [6.45, 7) is 0.467. The lowest BCUT2D eigenvalue weighted by Gasteiger charge is -2.18. The van der Waals surface area contributed by atoms with E-state index >= 15 is 0 Å². The van der Waals surface area contributed by atoms with Gasteiger partial charge in [-0.15, -0.1) is 0 Å². The lowest BCUT2D eigenvalue weighted by molar-refractivity contribution is -0.113. The molecule has 0 radical (unpaired) electrons. The molecular weight excluding hydrogens is 413 g/mol. The molecule has 0 saturated carbocycles. The molecular formula is C28H22NO2P. The van der Waals surface area contributed by atoms with Crippen molar-refractivity contribution in [2.75, 3.05) is 4.90 Å². The summed E-state index contributed by atoms with van der Waals surface area (Å²) in [6, 6.07) is 36.5. The number of hydrogen-bond donors (Lipinski definition) is 0. The van der Waals surface area contributed by atoms with Crippen LogP contribution >= 0.6 is 7.14 Å². The number of nitrogens with zero attached hydrogens (tertiary/aromatic N) is 1. The fourth-order valence-corrected chi connectivity index (χ4v) is 6.57. The fourth-order valence-electron chi connectivity index (χ4n) is 4.13. The van der Waals surface area contributed by atoms with Gasteiger partial charge in [0, 0.05) is 16.2 Å². The van der Waals surface area contributed by atoms with Gasteiger partial charge < -0.3 is 9.46 Å². The number of fused-ring (bicyclic) bond motifs is 1. The smallest absolute Gasteiger partial charge is 0.259 e. The minimum absolute atomic E-state index is 0.123. The Kier molecular flexibility index (Phi) is 5.34. The second-order valence-electron chi connectivity index (χ2n) is 7.77. The summed E-state index contributed by atoms with van der Waals surface area (Å²) in [5.74, 6) is 1.59. The molecule has 1 amide bonds. The molecule has 0 aromatic heterocycles. The van der Waals surface area contributed by atoms with E-state index in [-0.39, 0.29) is 5.91 Å². The Morgan fingerprint density at radius 3 is 1.75 bits per heavy atom. The van der Waals surface area contributed by atoms with Crippen LogP contribution in [0.1, 0.15) is 11.1 Å². The number of carbonyl (C=O) groups excluding carboxylic acids is 1. The highest BCUT2D eigenvalue weighted by atomic mass is 31.2. The fraction of sp³-hybridized carbons (Fsp3) is 0.0357. The molecule has 32 heavy (non-hydrogen) atoms. The van der Waals surface area contributed by atoms with Crippen molar-refractivity contribution in [1.82, 2.24) is 0 Å². The van der Waals surface area contributed by atoms with Crippen molar-refractivity contribution in [3.63, 3.8) is 0 Å². The van der Waals surface area contributed by atoms with Crippen LogP contribution in [0.4, 0.5) is 5.69 Å². The summed E-state index contributed by atoms with van der Waals surface area (Å²) in [5, 5.41) is 1.43. The monoisotopic (exact) mass is 435 g/mol. The molecule has 0 saturated heterocycles. The average Bonchev–Trinajstić information content (AvgIpc) is 3.11. The molecule has 1 heterocycles. The first-order valence-electron chi connectivity index (χ1n) is 10.6. The molecule has 0 spiro atoms. The van der Waals surface area contributed by atoms with E-state index < -0.39 is 7.14 Å². The number of anilines is 1. The first-order chi connectivity index (χ1) is 15.7. The van der Waals surface area contributed by atoms with E-state index in [0.29, 0.717) is 22.7 Å². The quantitative estimate of drug-likeness (QED) is 0.303. The van der Waals surface area contributed by atoms with Crippen molar-refractivity contribution in [3.05, 3.63) is 132 Å². The van der Waals surface area contributed by atoms with E-state index in [0.717, 1.165) is 16.8 Å². The van der Waals surface area contributed by atoms with Crippen molar-refractivity contribution in [2.45, 2.75) is 6.54 Å². The maximum Gasteiger partial charge on any atom is 0.259 e. The minimum atomic E-state index is -3.18. The van der Waals surface area contributed by atoms with Gasteiger partial charge in [-0.3, -0.25) is 4.79 Å². The Balaban J connectivity index is 1.66. The van der Waals surface area contributed by atoms with Crippen molar-refractivity contribution in [1.29, 1.82) is 0 Å². The number of carbonyl (C=O) groups is 1. The molecule has 1 aliphatic rings. The first-order valence-corrected chi connectivity index (χ1v) is 12.3. The number of benzene rings is 4. The summed E-state index contributed by atoms with van der Waals surface area (Å²) >= 11 is 0. The number of rotatable bonds is 5. The van der Waals surface area contributed by atoms with E-state index in [2.05, 4.69) is 0 Å². The van der Waals surface area contributed by atoms with E-state index in [1.54, 1.807) is 10.7 Å². The van der Waals surface area contributed by atoms with Gasteiger partial charge in [0.2, 0.25) is 0 Å². The van der Waals surface area contributed by atoms with E-state index in [1.807, 2.05) is 115 Å². The van der Waals surface area contributed by atoms with Crippen LogP contribution in [0.2, 0.25) is 0 Å². The van der Waals surface area contributed by atoms with Gasteiger partial charge in [-0.05, 0) is 17.4 Å². The van der Waals surface area contributed by atoms with Crippen LogP contribution in [-0.2, 0) is 15.9 Å². The zero-order chi connectivity index (χ0) is 22.0. The summed E-state index contributed by atoms with van der Waals surface area (Å²) in [6.07, 6.45) is 0. The van der Waals surface area contributed by atoms with E-state index in [4.69, 9.17) is 0 Å². The van der Waals surface area contributed by atoms with Crippen molar-refractivity contribution in [3.8, 4) is 0 Å². The number of amides is 1. The topological polar surface area (TPSA) is 37.4 Å². The molecule has 5 rings (SSSR count). The minimum Gasteiger partial charge on any atom is -0.309 e. The average molecular weight is 435 g/mol. The summed E-state index contributed by atoms with van der Waals surface area (Å²) in [5.41, 5.74) is 3.21. The molecule has 0 bridgehead atoms. The Morgan fingerprint density at radius 2 is 1.16 bits per heavy atom. The van der Waals surface area contributed by atoms with E-state index in [9.17, 15) is 9.36 Å². The standard InChI is InChI=1S/C28H22NO2P/c30-28-26(21-32(31,23-14-6-2-7-15-23)24-16-8-3-9-17-24)25-18-10-11-19-27(25)29(28)20-22-12-4-1-5-13-22/h1-19,21H,20H2/b26-21+. The SMILES string of the molecule is O=C1/C(=C/P(=O)(c2ccccc2)c2ccccc2)c2ccccc2N1Cc1ccccc1. The van der Waals surface area contributed by atoms with Gasteiger partial charge in [0.15, 0.2) is 7.14 Å². The van der Waals surface area contributed by atoms with Crippen molar-refractivity contribution >= 4 is 34.9 Å². The van der Waals surface area contributed by atoms with Crippen LogP contribution < -0.4 is 15.5 Å². The second-order valence-corrected chi connectivity index (χ2v) is 10.4. The van der Waals surface area contributed by atoms with Gasteiger partial charge in [-0.2, -0.15) is 0 Å². The molecule has 4 aromatic rings. The molecule has 0 N–H and O–H groups in total. The predicted octanol–water partition coefficient (Wildman–Crippen LogP) is 5.59. The highest BCUT2D eigenvalue weighted by Gasteiger charge is 2.35. The van der Waals surface area contributed by atoms with Gasteiger partial charge in [-0.1, -0.05) is 109 Å². The van der Waals surface area contributed by atoms with Crippen LogP contribution in [-0.4, -0.2) is 5.91 Å². The molecule has 1 aliphatic heterocycles. The number of hydrogen-bond acceptors (Lipinski definition) is 2. The summed E-state index contributed by atoms with van der Waals surface area (Å²) < 4.78 is 14.5. The highest BCUT2D eigenvalue weighted by molar-refractivity contribution is 7.81. The van der Waals surface area contributed by atoms with Crippen molar-refractivity contribution < 1.29 is 9.36 Å². The Hall–Kier alpha value is -3.68. The van der Waals surface area contributed by atoms with Gasteiger partial charge in [-0.25, -0.2) is 0 Å². The first kappa shape index (κ1) is 20.2. The highest BCUT2D eigenvalue weighted by Crippen LogP contribution is 2.50. The van der Waals surface area contributed by atoms with Crippen LogP contribution in [0.15, 0.2) is 121 Å². The lowest BCUT2D eigenvalue weighted by Crippen LogP contribution is -2.26. The largest absolute Gasteiger partial charge is 0.309 e. The molecule has 0 aliphatic carbocycles. The molecule has 0 fully saturated rings. The van der Waals surface area contributed by atoms with Crippen LogP contribution in [0, 0.1) is 0 Å². The summed E-state index contributed by atoms with van der Waals surface area (Å²) in [7, 11) is -3.18. The second kappa shape index (κ2) is 8.45. The van der Waals surface area contributed by atoms with Gasteiger partial charge in [0.05, 0.1) is 17.8 Å². The summed E-state index contributed by atoms with van der Waals surface area (Å²) in [4.78, 5) is 15.4. The molecule has 0 unspecified atom stereocenters. The van der Waals surface area contributed by atoms with Gasteiger partial charge >= 0.3 is 0 Å². The van der Waals surface area contributed by atoms with Crippen molar-refractivity contribution in [2.24, 2.45) is 0 Å². The number of para-hydroxylation sites is 1. The third-order valence-corrected chi connectivity index (χ3v) is 8.49. The molecule has 0 atom stereocenters. The molecule has 3 nitrogen and oxygen atoms in total. The third kappa shape index (κ3) is 3.62.